The van der Waals surface area contributed by atoms with Crippen molar-refractivity contribution in [3.05, 3.63) is 58.4 Å². The molecule has 1 atom stereocenters. The van der Waals surface area contributed by atoms with Gasteiger partial charge in [0.2, 0.25) is 0 Å². The number of hydrogen-bond donors (Lipinski definition) is 1. The number of aryl methyl sites for hydroxylation is 2. The first-order valence-electron chi connectivity index (χ1n) is 8.22. The molecule has 114 valence electrons. The highest BCUT2D eigenvalue weighted by molar-refractivity contribution is 5.96. The molecule has 0 spiro atoms. The maximum Gasteiger partial charge on any atom is 0.253 e. The molecule has 2 aliphatic carbocycles. The Bertz CT molecular complexity index is 740. The molecule has 0 bridgehead atoms. The normalized spacial score (nSPS) is 20.0. The fourth-order valence-corrected chi connectivity index (χ4v) is 3.84. The lowest BCUT2D eigenvalue weighted by Crippen LogP contribution is -2.27. The van der Waals surface area contributed by atoms with E-state index in [1.54, 1.807) is 0 Å². The van der Waals surface area contributed by atoms with Gasteiger partial charge in [0.05, 0.1) is 11.6 Å². The van der Waals surface area contributed by atoms with Crippen molar-refractivity contribution in [3.63, 3.8) is 0 Å². The number of carbonyl (C=O) groups is 1. The average Bonchev–Trinajstić information content (AvgIpc) is 3.19. The van der Waals surface area contributed by atoms with Crippen LogP contribution in [0.1, 0.15) is 64.2 Å². The second-order valence-corrected chi connectivity index (χ2v) is 6.65. The largest absolute Gasteiger partial charge is 0.345 e. The van der Waals surface area contributed by atoms with Crippen molar-refractivity contribution < 1.29 is 4.79 Å². The molecule has 1 unspecified atom stereocenters. The predicted molar refractivity (Wildman–Crippen MR) is 87.1 cm³/mol. The van der Waals surface area contributed by atoms with Crippen LogP contribution in [0.2, 0.25) is 0 Å². The summed E-state index contributed by atoms with van der Waals surface area (Å²) in [5.74, 6) is 0.0710. The second kappa shape index (κ2) is 5.01. The third-order valence-electron chi connectivity index (χ3n) is 5.08. The van der Waals surface area contributed by atoms with E-state index < -0.39 is 0 Å². The summed E-state index contributed by atoms with van der Waals surface area (Å²) in [6, 6.07) is 11.3. The Hall–Kier alpha value is -2.03. The summed E-state index contributed by atoms with van der Waals surface area (Å²) in [6.45, 7) is 4.18. The quantitative estimate of drug-likeness (QED) is 0.916. The standard InChI is InChI=1S/C19H22N2O/c1-12-11-17(13(2)21(12)15-8-9-15)19(22)20-18-10-7-14-5-3-4-6-16(14)18/h3-6,11,15,18H,7-10H2,1-2H3,(H,20,22). The van der Waals surface area contributed by atoms with E-state index in [0.717, 1.165) is 24.1 Å². The van der Waals surface area contributed by atoms with Gasteiger partial charge < -0.3 is 9.88 Å². The van der Waals surface area contributed by atoms with Gasteiger partial charge >= 0.3 is 0 Å². The van der Waals surface area contributed by atoms with Crippen molar-refractivity contribution in [2.75, 3.05) is 0 Å². The van der Waals surface area contributed by atoms with Gasteiger partial charge in [-0.3, -0.25) is 4.79 Å². The highest BCUT2D eigenvalue weighted by Gasteiger charge is 2.29. The predicted octanol–water partition coefficient (Wildman–Crippen LogP) is 3.86. The summed E-state index contributed by atoms with van der Waals surface area (Å²) in [6.07, 6.45) is 4.55. The zero-order valence-corrected chi connectivity index (χ0v) is 13.2. The molecular formula is C19H22N2O. The van der Waals surface area contributed by atoms with Crippen LogP contribution in [0.25, 0.3) is 0 Å². The number of carbonyl (C=O) groups excluding carboxylic acids is 1. The Morgan fingerprint density at radius 1 is 1.18 bits per heavy atom. The number of rotatable bonds is 3. The Labute approximate surface area is 131 Å². The van der Waals surface area contributed by atoms with Crippen molar-refractivity contribution in [2.24, 2.45) is 0 Å². The van der Waals surface area contributed by atoms with Crippen LogP contribution >= 0.6 is 0 Å². The molecular weight excluding hydrogens is 272 g/mol. The molecule has 1 fully saturated rings. The fourth-order valence-electron chi connectivity index (χ4n) is 3.84. The lowest BCUT2D eigenvalue weighted by Gasteiger charge is -2.14. The molecule has 1 heterocycles. The third-order valence-corrected chi connectivity index (χ3v) is 5.08. The summed E-state index contributed by atoms with van der Waals surface area (Å²) < 4.78 is 2.33. The highest BCUT2D eigenvalue weighted by atomic mass is 16.1. The molecule has 2 aromatic rings. The molecule has 3 heteroatoms. The summed E-state index contributed by atoms with van der Waals surface area (Å²) in [7, 11) is 0. The molecule has 4 rings (SSSR count). The molecule has 1 N–H and O–H groups in total. The van der Waals surface area contributed by atoms with Crippen LogP contribution in [0.4, 0.5) is 0 Å². The Balaban J connectivity index is 1.57. The van der Waals surface area contributed by atoms with Crippen LogP contribution < -0.4 is 5.32 Å². The smallest absolute Gasteiger partial charge is 0.253 e. The topological polar surface area (TPSA) is 34.0 Å². The lowest BCUT2D eigenvalue weighted by atomic mass is 10.1. The Kier molecular flexibility index (Phi) is 3.10. The first-order chi connectivity index (χ1) is 10.6. The zero-order valence-electron chi connectivity index (χ0n) is 13.2. The number of amides is 1. The first-order valence-corrected chi connectivity index (χ1v) is 8.22. The van der Waals surface area contributed by atoms with Gasteiger partial charge in [-0.1, -0.05) is 24.3 Å². The average molecular weight is 294 g/mol. The number of benzene rings is 1. The van der Waals surface area contributed by atoms with Crippen molar-refractivity contribution in [1.29, 1.82) is 0 Å². The highest BCUT2D eigenvalue weighted by Crippen LogP contribution is 2.38. The number of fused-ring (bicyclic) bond motifs is 1. The number of hydrogen-bond acceptors (Lipinski definition) is 1. The van der Waals surface area contributed by atoms with E-state index in [-0.39, 0.29) is 11.9 Å². The van der Waals surface area contributed by atoms with E-state index in [0.29, 0.717) is 6.04 Å². The van der Waals surface area contributed by atoms with Crippen molar-refractivity contribution >= 4 is 5.91 Å². The van der Waals surface area contributed by atoms with Gasteiger partial charge in [-0.2, -0.15) is 0 Å². The van der Waals surface area contributed by atoms with E-state index in [1.807, 2.05) is 6.07 Å². The number of nitrogens with one attached hydrogen (secondary N) is 1. The molecule has 0 saturated heterocycles. The van der Waals surface area contributed by atoms with Crippen molar-refractivity contribution in [1.82, 2.24) is 9.88 Å². The molecule has 0 aliphatic heterocycles. The van der Waals surface area contributed by atoms with Crippen LogP contribution in [-0.2, 0) is 6.42 Å². The fraction of sp³-hybridized carbons (Fsp3) is 0.421. The van der Waals surface area contributed by atoms with Gasteiger partial charge in [0, 0.05) is 17.4 Å². The minimum atomic E-state index is 0.0710. The molecule has 0 radical (unpaired) electrons. The van der Waals surface area contributed by atoms with Crippen molar-refractivity contribution in [2.45, 2.75) is 51.6 Å². The van der Waals surface area contributed by atoms with Crippen LogP contribution in [0.5, 0.6) is 0 Å². The van der Waals surface area contributed by atoms with Gasteiger partial charge in [-0.05, 0) is 56.7 Å². The second-order valence-electron chi connectivity index (χ2n) is 6.65. The monoisotopic (exact) mass is 294 g/mol. The van der Waals surface area contributed by atoms with E-state index in [4.69, 9.17) is 0 Å². The van der Waals surface area contributed by atoms with Gasteiger partial charge in [0.25, 0.3) is 5.91 Å². The first kappa shape index (κ1) is 13.6. The number of aromatic nitrogens is 1. The SMILES string of the molecule is Cc1cc(C(=O)NC2CCc3ccccc32)c(C)n1C1CC1. The van der Waals surface area contributed by atoms with E-state index in [1.165, 1.54) is 29.7 Å². The lowest BCUT2D eigenvalue weighted by molar-refractivity contribution is 0.0936. The van der Waals surface area contributed by atoms with E-state index in [2.05, 4.69) is 48.0 Å². The molecule has 1 amide bonds. The number of nitrogens with zero attached hydrogens (tertiary/aromatic N) is 1. The van der Waals surface area contributed by atoms with Crippen LogP contribution in [0.15, 0.2) is 30.3 Å². The van der Waals surface area contributed by atoms with Gasteiger partial charge in [0.15, 0.2) is 0 Å². The zero-order chi connectivity index (χ0) is 15.3. The summed E-state index contributed by atoms with van der Waals surface area (Å²) >= 11 is 0. The molecule has 1 saturated carbocycles. The Morgan fingerprint density at radius 3 is 2.73 bits per heavy atom. The molecule has 2 aliphatic rings. The van der Waals surface area contributed by atoms with Gasteiger partial charge in [0.1, 0.15) is 0 Å². The molecule has 1 aromatic carbocycles. The maximum atomic E-state index is 12.7. The summed E-state index contributed by atoms with van der Waals surface area (Å²) in [5, 5.41) is 3.24. The summed E-state index contributed by atoms with van der Waals surface area (Å²) in [5.41, 5.74) is 5.82. The summed E-state index contributed by atoms with van der Waals surface area (Å²) in [4.78, 5) is 12.7. The van der Waals surface area contributed by atoms with Crippen LogP contribution in [-0.4, -0.2) is 10.5 Å². The third kappa shape index (κ3) is 2.16. The molecule has 1 aromatic heterocycles. The van der Waals surface area contributed by atoms with E-state index in [9.17, 15) is 4.79 Å². The molecule has 3 nitrogen and oxygen atoms in total. The maximum absolute atomic E-state index is 12.7. The van der Waals surface area contributed by atoms with Crippen LogP contribution in [0.3, 0.4) is 0 Å². The molecule has 22 heavy (non-hydrogen) atoms. The van der Waals surface area contributed by atoms with Crippen LogP contribution in [0, 0.1) is 13.8 Å². The Morgan fingerprint density at radius 2 is 1.95 bits per heavy atom. The van der Waals surface area contributed by atoms with Gasteiger partial charge in [-0.25, -0.2) is 0 Å². The van der Waals surface area contributed by atoms with Gasteiger partial charge in [-0.15, -0.1) is 0 Å². The van der Waals surface area contributed by atoms with Crippen molar-refractivity contribution in [3.8, 4) is 0 Å². The minimum Gasteiger partial charge on any atom is -0.345 e. The van der Waals surface area contributed by atoms with E-state index >= 15 is 0 Å². The minimum absolute atomic E-state index is 0.0710.